The molecule has 9 N–H and O–H groups in total. The molecule has 0 saturated heterocycles. The van der Waals surface area contributed by atoms with Crippen molar-refractivity contribution in [3.05, 3.63) is 71.8 Å². The minimum atomic E-state index is -1.66. The first-order valence-corrected chi connectivity index (χ1v) is 11.9. The van der Waals surface area contributed by atoms with Gasteiger partial charge in [-0.15, -0.1) is 0 Å². The van der Waals surface area contributed by atoms with E-state index in [-0.39, 0.29) is 12.8 Å². The molecule has 0 spiro atoms. The molecule has 0 aliphatic carbocycles. The van der Waals surface area contributed by atoms with Gasteiger partial charge in [-0.2, -0.15) is 0 Å². The molecule has 208 valence electrons. The largest absolute Gasteiger partial charge is 0.481 e. The second kappa shape index (κ2) is 14.8. The van der Waals surface area contributed by atoms with Crippen LogP contribution < -0.4 is 27.4 Å². The van der Waals surface area contributed by atoms with Crippen molar-refractivity contribution in [1.29, 1.82) is 0 Å². The van der Waals surface area contributed by atoms with Gasteiger partial charge in [0, 0.05) is 12.8 Å². The fourth-order valence-corrected chi connectivity index (χ4v) is 3.63. The van der Waals surface area contributed by atoms with Crippen molar-refractivity contribution >= 4 is 35.6 Å². The van der Waals surface area contributed by atoms with E-state index in [0.29, 0.717) is 11.1 Å². The zero-order valence-electron chi connectivity index (χ0n) is 20.9. The highest BCUT2D eigenvalue weighted by Gasteiger charge is 2.32. The summed E-state index contributed by atoms with van der Waals surface area (Å²) in [5.74, 6) is -6.44. The summed E-state index contributed by atoms with van der Waals surface area (Å²) in [5.41, 5.74) is 12.0. The Kier molecular flexibility index (Phi) is 11.6. The number of benzene rings is 2. The number of aliphatic carboxylic acids is 2. The van der Waals surface area contributed by atoms with Crippen LogP contribution in [0.5, 0.6) is 0 Å². The van der Waals surface area contributed by atoms with E-state index in [2.05, 4.69) is 16.0 Å². The van der Waals surface area contributed by atoms with Crippen LogP contribution >= 0.6 is 0 Å². The lowest BCUT2D eigenvalue weighted by Gasteiger charge is -2.24. The quantitative estimate of drug-likeness (QED) is 0.142. The van der Waals surface area contributed by atoms with Crippen LogP contribution in [0.15, 0.2) is 60.7 Å². The van der Waals surface area contributed by atoms with Crippen molar-refractivity contribution in [2.45, 2.75) is 49.9 Å². The van der Waals surface area contributed by atoms with Gasteiger partial charge in [0.15, 0.2) is 0 Å². The van der Waals surface area contributed by atoms with Gasteiger partial charge >= 0.3 is 11.9 Å². The topological polar surface area (TPSA) is 231 Å². The number of nitrogens with one attached hydrogen (secondary N) is 3. The Balaban J connectivity index is 2.22. The molecule has 0 heterocycles. The number of carboxylic acid groups (broad SMARTS) is 2. The van der Waals surface area contributed by atoms with E-state index < -0.39 is 72.6 Å². The first-order valence-electron chi connectivity index (χ1n) is 11.9. The molecule has 2 rings (SSSR count). The van der Waals surface area contributed by atoms with Gasteiger partial charge in [-0.3, -0.25) is 24.0 Å². The summed E-state index contributed by atoms with van der Waals surface area (Å²) in [7, 11) is 0. The summed E-state index contributed by atoms with van der Waals surface area (Å²) in [6, 6.07) is 11.2. The van der Waals surface area contributed by atoms with Crippen LogP contribution in [0.1, 0.15) is 24.0 Å². The number of rotatable bonds is 15. The molecule has 39 heavy (non-hydrogen) atoms. The van der Waals surface area contributed by atoms with E-state index >= 15 is 0 Å². The van der Waals surface area contributed by atoms with Gasteiger partial charge in [-0.1, -0.05) is 60.7 Å². The molecule has 4 atom stereocenters. The number of carboxylic acids is 2. The van der Waals surface area contributed by atoms with Crippen LogP contribution in [0.3, 0.4) is 0 Å². The lowest BCUT2D eigenvalue weighted by Crippen LogP contribution is -2.58. The Morgan fingerprint density at radius 3 is 1.54 bits per heavy atom. The molecular weight excluding hydrogens is 510 g/mol. The molecule has 2 aromatic carbocycles. The van der Waals surface area contributed by atoms with Crippen molar-refractivity contribution in [3.8, 4) is 0 Å². The third-order valence-corrected chi connectivity index (χ3v) is 5.58. The van der Waals surface area contributed by atoms with Gasteiger partial charge in [0.05, 0.1) is 18.9 Å². The molecule has 13 heteroatoms. The van der Waals surface area contributed by atoms with Gasteiger partial charge in [-0.25, -0.2) is 4.79 Å². The monoisotopic (exact) mass is 541 g/mol. The summed E-state index contributed by atoms with van der Waals surface area (Å²) in [5, 5.41) is 25.9. The van der Waals surface area contributed by atoms with Gasteiger partial charge in [0.25, 0.3) is 0 Å². The Morgan fingerprint density at radius 2 is 1.08 bits per heavy atom. The summed E-state index contributed by atoms with van der Waals surface area (Å²) >= 11 is 0. The number of hydrogen-bond donors (Lipinski definition) is 7. The van der Waals surface area contributed by atoms with Gasteiger partial charge in [0.1, 0.15) is 18.1 Å². The van der Waals surface area contributed by atoms with Crippen LogP contribution in [-0.2, 0) is 41.6 Å². The van der Waals surface area contributed by atoms with E-state index in [1.807, 2.05) is 0 Å². The third-order valence-electron chi connectivity index (χ3n) is 5.58. The lowest BCUT2D eigenvalue weighted by atomic mass is 10.0. The normalized spacial score (nSPS) is 13.7. The molecule has 13 nitrogen and oxygen atoms in total. The van der Waals surface area contributed by atoms with Crippen molar-refractivity contribution in [3.63, 3.8) is 0 Å². The number of nitrogens with two attached hydrogens (primary N) is 2. The van der Waals surface area contributed by atoms with E-state index in [1.54, 1.807) is 60.7 Å². The molecular formula is C26H31N5O8. The molecule has 0 aromatic heterocycles. The minimum Gasteiger partial charge on any atom is -0.481 e. The summed E-state index contributed by atoms with van der Waals surface area (Å²) in [6.07, 6.45) is -1.48. The molecule has 0 bridgehead atoms. The smallest absolute Gasteiger partial charge is 0.326 e. The van der Waals surface area contributed by atoms with Crippen molar-refractivity contribution in [2.24, 2.45) is 11.5 Å². The highest BCUT2D eigenvalue weighted by Crippen LogP contribution is 2.07. The highest BCUT2D eigenvalue weighted by atomic mass is 16.4. The Morgan fingerprint density at radius 1 is 0.641 bits per heavy atom. The highest BCUT2D eigenvalue weighted by molar-refractivity contribution is 5.96. The molecule has 0 aliphatic heterocycles. The Hall–Kier alpha value is -4.78. The average Bonchev–Trinajstić information content (AvgIpc) is 2.87. The van der Waals surface area contributed by atoms with Crippen molar-refractivity contribution < 1.29 is 39.0 Å². The van der Waals surface area contributed by atoms with E-state index in [0.717, 1.165) is 0 Å². The number of hydrogen-bond acceptors (Lipinski definition) is 7. The van der Waals surface area contributed by atoms with Gasteiger partial charge in [0.2, 0.25) is 23.6 Å². The first kappa shape index (κ1) is 30.4. The second-order valence-electron chi connectivity index (χ2n) is 8.78. The van der Waals surface area contributed by atoms with Crippen molar-refractivity contribution in [1.82, 2.24) is 16.0 Å². The maximum absolute atomic E-state index is 13.2. The predicted molar refractivity (Wildman–Crippen MR) is 138 cm³/mol. The summed E-state index contributed by atoms with van der Waals surface area (Å²) in [6.45, 7) is 0. The predicted octanol–water partition coefficient (Wildman–Crippen LogP) is -1.31. The summed E-state index contributed by atoms with van der Waals surface area (Å²) < 4.78 is 0. The molecule has 0 aliphatic rings. The molecule has 0 saturated carbocycles. The molecule has 0 fully saturated rings. The maximum atomic E-state index is 13.2. The number of primary amides is 1. The van der Waals surface area contributed by atoms with Crippen LogP contribution in [0.2, 0.25) is 0 Å². The summed E-state index contributed by atoms with van der Waals surface area (Å²) in [4.78, 5) is 73.0. The zero-order valence-corrected chi connectivity index (χ0v) is 20.9. The number of carbonyl (C=O) groups is 6. The second-order valence-corrected chi connectivity index (χ2v) is 8.78. The average molecular weight is 542 g/mol. The van der Waals surface area contributed by atoms with Crippen LogP contribution in [0.25, 0.3) is 0 Å². The van der Waals surface area contributed by atoms with Gasteiger partial charge < -0.3 is 37.6 Å². The van der Waals surface area contributed by atoms with E-state index in [9.17, 15) is 39.0 Å². The molecule has 2 aromatic rings. The van der Waals surface area contributed by atoms with E-state index in [4.69, 9.17) is 11.5 Å². The van der Waals surface area contributed by atoms with Crippen molar-refractivity contribution in [2.75, 3.05) is 0 Å². The van der Waals surface area contributed by atoms with Crippen LogP contribution in [0.4, 0.5) is 0 Å². The third kappa shape index (κ3) is 10.6. The zero-order chi connectivity index (χ0) is 28.9. The molecule has 4 amide bonds. The minimum absolute atomic E-state index is 0.0606. The fraction of sp³-hybridized carbons (Fsp3) is 0.308. The van der Waals surface area contributed by atoms with Crippen LogP contribution in [0, 0.1) is 0 Å². The molecule has 4 unspecified atom stereocenters. The SMILES string of the molecule is NC(=O)CC(N)C(=O)NC(Cc1ccccc1)C(=O)NC(CC(=O)O)C(=O)NC(Cc1ccccc1)C(=O)O. The molecule has 0 radical (unpaired) electrons. The fourth-order valence-electron chi connectivity index (χ4n) is 3.63. The number of carbonyl (C=O) groups excluding carboxylic acids is 4. The van der Waals surface area contributed by atoms with Crippen LogP contribution in [-0.4, -0.2) is 69.9 Å². The lowest BCUT2D eigenvalue weighted by molar-refractivity contribution is -0.143. The Labute approximate surface area is 223 Å². The van der Waals surface area contributed by atoms with E-state index in [1.165, 1.54) is 0 Å². The standard InChI is InChI=1S/C26H31N5O8/c27-17(13-21(28)32)23(35)29-18(11-15-7-3-1-4-8-15)24(36)30-19(14-22(33)34)25(37)31-20(26(38)39)12-16-9-5-2-6-10-16/h1-10,17-20H,11-14,27H2,(H2,28,32)(H,29,35)(H,30,36)(H,31,37)(H,33,34)(H,38,39). The Bertz CT molecular complexity index is 1180. The first-order chi connectivity index (χ1) is 18.5. The van der Waals surface area contributed by atoms with Gasteiger partial charge in [-0.05, 0) is 11.1 Å². The maximum Gasteiger partial charge on any atom is 0.326 e. The number of amides is 4.